The highest BCUT2D eigenvalue weighted by Crippen LogP contribution is 2.45. The zero-order valence-corrected chi connectivity index (χ0v) is 39.0. The first-order valence-electron chi connectivity index (χ1n) is 21.0. The summed E-state index contributed by atoms with van der Waals surface area (Å²) in [6.45, 7) is 32.2. The number of hydrogen-bond acceptors (Lipinski definition) is 2. The summed E-state index contributed by atoms with van der Waals surface area (Å²) < 4.78 is 1.21. The van der Waals surface area contributed by atoms with Gasteiger partial charge >= 0.3 is 0 Å². The molecule has 0 atom stereocenters. The van der Waals surface area contributed by atoms with Crippen molar-refractivity contribution in [3.8, 4) is 22.3 Å². The van der Waals surface area contributed by atoms with E-state index in [9.17, 15) is 0 Å². The van der Waals surface area contributed by atoms with Crippen LogP contribution in [0.1, 0.15) is 152 Å². The van der Waals surface area contributed by atoms with E-state index >= 15 is 0 Å². The number of fused-ring (bicyclic) bond motifs is 8. The molecule has 0 aliphatic carbocycles. The monoisotopic (exact) mass is 868 g/mol. The molecule has 5 aromatic rings. The zero-order valence-electron chi connectivity index (χ0n) is 36.8. The van der Waals surface area contributed by atoms with Gasteiger partial charge in [0.05, 0.1) is 33.8 Å². The van der Waals surface area contributed by atoms with Crippen LogP contribution in [-0.2, 0) is 23.7 Å². The van der Waals surface area contributed by atoms with Crippen LogP contribution in [0.2, 0.25) is 0 Å². The average molecular weight is 869 g/mol. The van der Waals surface area contributed by atoms with Gasteiger partial charge in [-0.25, -0.2) is 9.97 Å². The van der Waals surface area contributed by atoms with Crippen LogP contribution >= 0.6 is 22.6 Å². The van der Waals surface area contributed by atoms with Gasteiger partial charge in [-0.3, -0.25) is 0 Å². The largest absolute Gasteiger partial charge is 0.354 e. The number of allylic oxidation sites excluding steroid dienone is 4. The molecular weight excluding hydrogens is 808 g/mol. The Bertz CT molecular complexity index is 2510. The van der Waals surface area contributed by atoms with Crippen LogP contribution in [0, 0.1) is 17.4 Å². The van der Waals surface area contributed by atoms with Crippen molar-refractivity contribution in [2.75, 3.05) is 0 Å². The molecule has 0 fully saturated rings. The predicted octanol–water partition coefficient (Wildman–Crippen LogP) is 15.3. The van der Waals surface area contributed by atoms with E-state index in [0.717, 1.165) is 70.6 Å². The van der Waals surface area contributed by atoms with Gasteiger partial charge in [0.1, 0.15) is 0 Å². The highest BCUT2D eigenvalue weighted by atomic mass is 127. The molecule has 0 amide bonds. The van der Waals surface area contributed by atoms with E-state index < -0.39 is 0 Å². The third-order valence-corrected chi connectivity index (χ3v) is 13.3. The van der Waals surface area contributed by atoms with Crippen LogP contribution < -0.4 is 0 Å². The second-order valence-electron chi connectivity index (χ2n) is 18.2. The normalized spacial score (nSPS) is 13.7. The second-order valence-corrected chi connectivity index (χ2v) is 19.4. The fourth-order valence-corrected chi connectivity index (χ4v) is 9.49. The van der Waals surface area contributed by atoms with Gasteiger partial charge in [0.25, 0.3) is 0 Å². The fraction of sp³-hybridized carbons (Fsp3) is 0.385. The summed E-state index contributed by atoms with van der Waals surface area (Å²) in [5, 5.41) is 0. The van der Waals surface area contributed by atoms with Gasteiger partial charge in [0, 0.05) is 25.7 Å². The number of rotatable bonds is 6. The molecule has 57 heavy (non-hydrogen) atoms. The third kappa shape index (κ3) is 7.17. The van der Waals surface area contributed by atoms with Gasteiger partial charge in [-0.05, 0) is 178 Å². The molecule has 2 aromatic carbocycles. The molecule has 296 valence electrons. The second kappa shape index (κ2) is 15.2. The molecule has 0 saturated carbocycles. The maximum atomic E-state index is 5.59. The lowest BCUT2D eigenvalue weighted by Crippen LogP contribution is -2.16. The molecule has 2 aliphatic rings. The van der Waals surface area contributed by atoms with Gasteiger partial charge in [0.15, 0.2) is 0 Å². The summed E-state index contributed by atoms with van der Waals surface area (Å²) >= 11 is 2.40. The van der Waals surface area contributed by atoms with E-state index in [0.29, 0.717) is 0 Å². The summed E-state index contributed by atoms with van der Waals surface area (Å²) in [5.74, 6) is 0. The molecule has 8 bridgehead atoms. The first-order chi connectivity index (χ1) is 26.9. The Hall–Kier alpha value is -4.23. The first kappa shape index (κ1) is 40.9. The van der Waals surface area contributed by atoms with Gasteiger partial charge in [-0.1, -0.05) is 99.6 Å². The van der Waals surface area contributed by atoms with Crippen molar-refractivity contribution < 1.29 is 0 Å². The summed E-state index contributed by atoms with van der Waals surface area (Å²) in [6, 6.07) is 20.9. The quantitative estimate of drug-likeness (QED) is 0.167. The van der Waals surface area contributed by atoms with Crippen molar-refractivity contribution in [2.24, 2.45) is 0 Å². The van der Waals surface area contributed by atoms with Crippen LogP contribution in [0.3, 0.4) is 0 Å². The van der Waals surface area contributed by atoms with Crippen LogP contribution in [-0.4, -0.2) is 19.9 Å². The summed E-state index contributed by atoms with van der Waals surface area (Å²) in [7, 11) is 0. The van der Waals surface area contributed by atoms with E-state index in [-0.39, 0.29) is 10.8 Å². The third-order valence-electron chi connectivity index (χ3n) is 12.6. The maximum Gasteiger partial charge on any atom is 0.0769 e. The van der Waals surface area contributed by atoms with Crippen molar-refractivity contribution in [3.05, 3.63) is 114 Å². The zero-order chi connectivity index (χ0) is 41.3. The van der Waals surface area contributed by atoms with Crippen molar-refractivity contribution >= 4 is 67.0 Å². The molecule has 0 unspecified atom stereocenters. The number of aromatic nitrogens is 4. The van der Waals surface area contributed by atoms with Gasteiger partial charge in [-0.15, -0.1) is 0 Å². The molecule has 0 radical (unpaired) electrons. The van der Waals surface area contributed by atoms with Crippen LogP contribution in [0.4, 0.5) is 0 Å². The molecule has 0 saturated heterocycles. The summed E-state index contributed by atoms with van der Waals surface area (Å²) in [5.41, 5.74) is 26.4. The Labute approximate surface area is 354 Å². The number of benzene rings is 2. The lowest BCUT2D eigenvalue weighted by Gasteiger charge is -2.26. The van der Waals surface area contributed by atoms with Gasteiger partial charge < -0.3 is 9.97 Å². The lowest BCUT2D eigenvalue weighted by molar-refractivity contribution is 0.569. The molecular formula is C52H61IN4. The highest BCUT2D eigenvalue weighted by molar-refractivity contribution is 14.1. The van der Waals surface area contributed by atoms with Crippen LogP contribution in [0.15, 0.2) is 54.6 Å². The number of nitrogens with one attached hydrogen (secondary N) is 2. The Morgan fingerprint density at radius 1 is 0.526 bits per heavy atom. The van der Waals surface area contributed by atoms with E-state index in [1.54, 1.807) is 0 Å². The van der Waals surface area contributed by atoms with E-state index in [1.165, 1.54) is 81.4 Å². The molecule has 4 nitrogen and oxygen atoms in total. The Balaban J connectivity index is 1.77. The average Bonchev–Trinajstić information content (AvgIpc) is 3.84. The maximum absolute atomic E-state index is 5.59. The Morgan fingerprint density at radius 3 is 1.32 bits per heavy atom. The summed E-state index contributed by atoms with van der Waals surface area (Å²) in [6.07, 6.45) is 3.60. The minimum absolute atomic E-state index is 0.0231. The van der Waals surface area contributed by atoms with Crippen molar-refractivity contribution in [2.45, 2.75) is 133 Å². The molecule has 0 spiro atoms. The van der Waals surface area contributed by atoms with Crippen LogP contribution in [0.25, 0.3) is 66.6 Å². The Morgan fingerprint density at radius 2 is 0.947 bits per heavy atom. The highest BCUT2D eigenvalue weighted by Gasteiger charge is 2.28. The Kier molecular flexibility index (Phi) is 10.9. The van der Waals surface area contributed by atoms with E-state index in [2.05, 4.69) is 184 Å². The number of halogens is 1. The number of aromatic amines is 2. The number of H-pyrrole nitrogens is 2. The molecule has 2 aliphatic heterocycles. The number of aryl methyl sites for hydroxylation is 4. The standard InChI is InChI=1S/C52H61IN4/c1-15-37-28(5)47-45(32-19-21-36(53)22-20-32)48-29(6)38(16-2)42(55-48)27-44-40(18-4)31(8)50(57-44)46(49-30(7)39(17-3)43(56-49)26-41(37)54-47)33-23-34(51(9,10)11)25-35(24-33)52(12,13)14/h19-27,56-57H,15-18H2,1-14H3. The predicted molar refractivity (Wildman–Crippen MR) is 256 cm³/mol. The molecule has 3 aromatic heterocycles. The SMILES string of the molecule is CCC1=C(C)c2nc1cc1[nH]c(c(C)c1CC)c(-c1cc(C(C)(C)C)cc(C(C)(C)C)c1)c1[nH]c(cc3nc(c2-c2ccc(I)cc2)C(C)=C3CC)c(CC)c1C. The minimum Gasteiger partial charge on any atom is -0.354 e. The summed E-state index contributed by atoms with van der Waals surface area (Å²) in [4.78, 5) is 19.3. The van der Waals surface area contributed by atoms with Crippen LogP contribution in [0.5, 0.6) is 0 Å². The van der Waals surface area contributed by atoms with Gasteiger partial charge in [0.2, 0.25) is 0 Å². The van der Waals surface area contributed by atoms with Crippen molar-refractivity contribution in [1.82, 2.24) is 19.9 Å². The minimum atomic E-state index is -0.0231. The van der Waals surface area contributed by atoms with Crippen molar-refractivity contribution in [1.29, 1.82) is 0 Å². The molecule has 5 heteroatoms. The van der Waals surface area contributed by atoms with Crippen molar-refractivity contribution in [3.63, 3.8) is 0 Å². The fourth-order valence-electron chi connectivity index (χ4n) is 9.13. The van der Waals surface area contributed by atoms with E-state index in [4.69, 9.17) is 9.97 Å². The number of nitrogens with zero attached hydrogens (tertiary/aromatic N) is 2. The van der Waals surface area contributed by atoms with Gasteiger partial charge in [-0.2, -0.15) is 0 Å². The lowest BCUT2D eigenvalue weighted by atomic mass is 9.78. The smallest absolute Gasteiger partial charge is 0.0769 e. The first-order valence-corrected chi connectivity index (χ1v) is 22.1. The molecule has 2 N–H and O–H groups in total. The topological polar surface area (TPSA) is 57.4 Å². The van der Waals surface area contributed by atoms with E-state index in [1.807, 2.05) is 0 Å². The molecule has 5 heterocycles. The number of hydrogen-bond donors (Lipinski definition) is 2. The molecule has 7 rings (SSSR count).